The number of halogens is 1. The molecule has 8 heteroatoms. The third-order valence-electron chi connectivity index (χ3n) is 4.09. The molecule has 0 N–H and O–H groups in total. The predicted molar refractivity (Wildman–Crippen MR) is 96.4 cm³/mol. The second kappa shape index (κ2) is 7.59. The molecule has 0 aromatic heterocycles. The predicted octanol–water partition coefficient (Wildman–Crippen LogP) is 2.52. The van der Waals surface area contributed by atoms with Crippen molar-refractivity contribution in [3.05, 3.63) is 64.7 Å². The Morgan fingerprint density at radius 3 is 2.30 bits per heavy atom. The van der Waals surface area contributed by atoms with Crippen LogP contribution in [0.1, 0.15) is 15.9 Å². The number of urea groups is 1. The second-order valence-corrected chi connectivity index (χ2v) is 6.23. The zero-order valence-corrected chi connectivity index (χ0v) is 15.1. The lowest BCUT2D eigenvalue weighted by atomic mass is 10.1. The minimum atomic E-state index is -1.02. The van der Waals surface area contributed by atoms with Gasteiger partial charge >= 0.3 is 17.8 Å². The van der Waals surface area contributed by atoms with Crippen molar-refractivity contribution in [1.82, 2.24) is 9.80 Å². The van der Waals surface area contributed by atoms with Crippen molar-refractivity contribution in [2.45, 2.75) is 6.54 Å². The highest BCUT2D eigenvalue weighted by molar-refractivity contribution is 6.45. The fourth-order valence-corrected chi connectivity index (χ4v) is 2.93. The molecular weight excluding hydrogens is 372 g/mol. The van der Waals surface area contributed by atoms with E-state index < -0.39 is 30.2 Å². The van der Waals surface area contributed by atoms with Crippen LogP contribution in [0.25, 0.3) is 0 Å². The van der Waals surface area contributed by atoms with Crippen molar-refractivity contribution in [3.63, 3.8) is 0 Å². The Morgan fingerprint density at radius 1 is 1.00 bits per heavy atom. The number of carbonyl (C=O) groups excluding carboxylic acids is 4. The molecule has 1 aliphatic heterocycles. The van der Waals surface area contributed by atoms with Gasteiger partial charge in [-0.05, 0) is 23.8 Å². The standard InChI is InChI=1S/C19H15ClN2O5/c1-27-16-8-7-13(9-14(16)20)15(23)11-22-18(25)17(24)21(19(22)26)10-12-5-3-2-4-6-12/h2-9H,10-11H2,1H3. The van der Waals surface area contributed by atoms with Crippen LogP contribution in [0.4, 0.5) is 4.79 Å². The quantitative estimate of drug-likeness (QED) is 0.432. The number of hydrogen-bond acceptors (Lipinski definition) is 5. The average Bonchev–Trinajstić information content (AvgIpc) is 2.87. The summed E-state index contributed by atoms with van der Waals surface area (Å²) < 4.78 is 5.02. The number of nitrogens with zero attached hydrogens (tertiary/aromatic N) is 2. The number of rotatable bonds is 6. The fourth-order valence-electron chi connectivity index (χ4n) is 2.67. The Balaban J connectivity index is 1.75. The van der Waals surface area contributed by atoms with E-state index in [4.69, 9.17) is 16.3 Å². The summed E-state index contributed by atoms with van der Waals surface area (Å²) in [6.45, 7) is -0.583. The Morgan fingerprint density at radius 2 is 1.67 bits per heavy atom. The van der Waals surface area contributed by atoms with Gasteiger partial charge in [-0.15, -0.1) is 0 Å². The molecule has 0 atom stereocenters. The van der Waals surface area contributed by atoms with E-state index in [1.807, 2.05) is 0 Å². The normalized spacial score (nSPS) is 14.1. The summed E-state index contributed by atoms with van der Waals surface area (Å²) in [4.78, 5) is 50.7. The number of carbonyl (C=O) groups is 4. The van der Waals surface area contributed by atoms with Crippen molar-refractivity contribution in [1.29, 1.82) is 0 Å². The molecule has 7 nitrogen and oxygen atoms in total. The number of imide groups is 2. The molecule has 3 rings (SSSR count). The molecule has 0 spiro atoms. The van der Waals surface area contributed by atoms with Crippen LogP contribution in [0.2, 0.25) is 5.02 Å². The molecule has 0 aliphatic carbocycles. The topological polar surface area (TPSA) is 84.0 Å². The Hall–Kier alpha value is -3.19. The number of Topliss-reactive ketones (excluding diaryl/α,β-unsaturated/α-hetero) is 1. The van der Waals surface area contributed by atoms with Gasteiger partial charge in [-0.2, -0.15) is 0 Å². The molecule has 2 aromatic rings. The van der Waals surface area contributed by atoms with Gasteiger partial charge in [-0.25, -0.2) is 9.69 Å². The summed E-state index contributed by atoms with van der Waals surface area (Å²) in [7, 11) is 1.44. The first-order valence-electron chi connectivity index (χ1n) is 8.00. The van der Waals surface area contributed by atoms with Crippen molar-refractivity contribution in [2.75, 3.05) is 13.7 Å². The van der Waals surface area contributed by atoms with E-state index in [1.54, 1.807) is 30.3 Å². The molecule has 4 amide bonds. The monoisotopic (exact) mass is 386 g/mol. The number of methoxy groups -OCH3 is 1. The molecule has 27 heavy (non-hydrogen) atoms. The highest BCUT2D eigenvalue weighted by Gasteiger charge is 2.45. The van der Waals surface area contributed by atoms with E-state index in [0.29, 0.717) is 16.2 Å². The highest BCUT2D eigenvalue weighted by Crippen LogP contribution is 2.25. The summed E-state index contributed by atoms with van der Waals surface area (Å²) >= 11 is 6.00. The van der Waals surface area contributed by atoms with Gasteiger partial charge in [-0.3, -0.25) is 19.3 Å². The molecule has 1 saturated heterocycles. The van der Waals surface area contributed by atoms with Crippen LogP contribution in [-0.2, 0) is 16.1 Å². The van der Waals surface area contributed by atoms with E-state index in [-0.39, 0.29) is 17.1 Å². The summed E-state index contributed by atoms with van der Waals surface area (Å²) in [5.74, 6) is -2.10. The van der Waals surface area contributed by atoms with Gasteiger partial charge in [0, 0.05) is 5.56 Å². The third kappa shape index (κ3) is 3.68. The lowest BCUT2D eigenvalue weighted by Gasteiger charge is -2.15. The molecule has 2 aromatic carbocycles. The summed E-state index contributed by atoms with van der Waals surface area (Å²) in [5.41, 5.74) is 0.900. The Kier molecular flexibility index (Phi) is 5.23. The van der Waals surface area contributed by atoms with Gasteiger partial charge in [0.2, 0.25) is 0 Å². The highest BCUT2D eigenvalue weighted by atomic mass is 35.5. The number of ether oxygens (including phenoxy) is 1. The molecule has 0 radical (unpaired) electrons. The zero-order valence-electron chi connectivity index (χ0n) is 14.3. The van der Waals surface area contributed by atoms with E-state index in [1.165, 1.54) is 25.3 Å². The molecule has 0 bridgehead atoms. The van der Waals surface area contributed by atoms with Crippen LogP contribution < -0.4 is 4.74 Å². The van der Waals surface area contributed by atoms with Crippen LogP contribution in [-0.4, -0.2) is 47.1 Å². The Labute approximate surface area is 160 Å². The van der Waals surface area contributed by atoms with Gasteiger partial charge in [-0.1, -0.05) is 41.9 Å². The lowest BCUT2D eigenvalue weighted by molar-refractivity contribution is -0.143. The van der Waals surface area contributed by atoms with Gasteiger partial charge in [0.05, 0.1) is 25.2 Å². The van der Waals surface area contributed by atoms with Gasteiger partial charge < -0.3 is 4.74 Å². The minimum Gasteiger partial charge on any atom is -0.495 e. The molecule has 1 aliphatic rings. The van der Waals surface area contributed by atoms with Gasteiger partial charge in [0.15, 0.2) is 5.78 Å². The second-order valence-electron chi connectivity index (χ2n) is 5.82. The maximum atomic E-state index is 12.5. The molecule has 0 saturated carbocycles. The van der Waals surface area contributed by atoms with Crippen molar-refractivity contribution in [3.8, 4) is 5.75 Å². The zero-order chi connectivity index (χ0) is 19.6. The van der Waals surface area contributed by atoms with Crippen LogP contribution in [0.15, 0.2) is 48.5 Å². The van der Waals surface area contributed by atoms with Crippen LogP contribution in [0, 0.1) is 0 Å². The molecule has 138 valence electrons. The van der Waals surface area contributed by atoms with E-state index in [0.717, 1.165) is 4.90 Å². The molecule has 0 unspecified atom stereocenters. The summed E-state index contributed by atoms with van der Waals surface area (Å²) in [6, 6.07) is 12.3. The van der Waals surface area contributed by atoms with Crippen LogP contribution >= 0.6 is 11.6 Å². The largest absolute Gasteiger partial charge is 0.495 e. The first-order valence-corrected chi connectivity index (χ1v) is 8.38. The van der Waals surface area contributed by atoms with Crippen LogP contribution in [0.3, 0.4) is 0 Å². The molecular formula is C19H15ClN2O5. The summed E-state index contributed by atoms with van der Waals surface area (Å²) in [6.07, 6.45) is 0. The van der Waals surface area contributed by atoms with E-state index in [9.17, 15) is 19.2 Å². The minimum absolute atomic E-state index is 0.0384. The number of hydrogen-bond donors (Lipinski definition) is 0. The molecule has 1 fully saturated rings. The smallest absolute Gasteiger partial charge is 0.334 e. The first-order chi connectivity index (χ1) is 12.9. The van der Waals surface area contributed by atoms with Crippen molar-refractivity contribution in [2.24, 2.45) is 0 Å². The summed E-state index contributed by atoms with van der Waals surface area (Å²) in [5, 5.41) is 0.226. The van der Waals surface area contributed by atoms with Crippen molar-refractivity contribution >= 4 is 35.2 Å². The van der Waals surface area contributed by atoms with Crippen LogP contribution in [0.5, 0.6) is 5.75 Å². The SMILES string of the molecule is COc1ccc(C(=O)CN2C(=O)C(=O)N(Cc3ccccc3)C2=O)cc1Cl. The fraction of sp³-hybridized carbons (Fsp3) is 0.158. The maximum absolute atomic E-state index is 12.5. The van der Waals surface area contributed by atoms with E-state index >= 15 is 0 Å². The third-order valence-corrected chi connectivity index (χ3v) is 4.39. The molecule has 1 heterocycles. The average molecular weight is 387 g/mol. The number of benzene rings is 2. The number of amides is 4. The van der Waals surface area contributed by atoms with Crippen molar-refractivity contribution < 1.29 is 23.9 Å². The number of ketones is 1. The Bertz CT molecular complexity index is 929. The maximum Gasteiger partial charge on any atom is 0.334 e. The van der Waals surface area contributed by atoms with E-state index in [2.05, 4.69) is 0 Å². The van der Waals surface area contributed by atoms with Gasteiger partial charge in [0.1, 0.15) is 5.75 Å². The van der Waals surface area contributed by atoms with Gasteiger partial charge in [0.25, 0.3) is 0 Å². The first kappa shape index (κ1) is 18.6. The lowest BCUT2D eigenvalue weighted by Crippen LogP contribution is -2.36.